The van der Waals surface area contributed by atoms with E-state index in [9.17, 15) is 14.4 Å². The quantitative estimate of drug-likeness (QED) is 0.348. The van der Waals surface area contributed by atoms with Crippen molar-refractivity contribution in [2.45, 2.75) is 47.1 Å². The van der Waals surface area contributed by atoms with E-state index >= 15 is 0 Å². The predicted octanol–water partition coefficient (Wildman–Crippen LogP) is 3.91. The lowest BCUT2D eigenvalue weighted by Gasteiger charge is -2.35. The van der Waals surface area contributed by atoms with E-state index in [1.807, 2.05) is 34.6 Å². The number of halogens is 2. The third kappa shape index (κ3) is 8.38. The van der Waals surface area contributed by atoms with Crippen LogP contribution in [-0.4, -0.2) is 47.1 Å². The molecule has 0 aliphatic heterocycles. The van der Waals surface area contributed by atoms with E-state index in [0.29, 0.717) is 29.6 Å². The maximum absolute atomic E-state index is 13.2. The van der Waals surface area contributed by atoms with E-state index in [1.54, 1.807) is 17.6 Å². The first-order valence-corrected chi connectivity index (χ1v) is 10.3. The highest BCUT2D eigenvalue weighted by Gasteiger charge is 2.36. The highest BCUT2D eigenvalue weighted by atomic mass is 35.5. The number of urea groups is 1. The van der Waals surface area contributed by atoms with E-state index in [1.165, 1.54) is 11.0 Å². The fourth-order valence-corrected chi connectivity index (χ4v) is 2.89. The Morgan fingerprint density at radius 1 is 1.13 bits per heavy atom. The normalized spacial score (nSPS) is 12.3. The fourth-order valence-electron chi connectivity index (χ4n) is 2.59. The van der Waals surface area contributed by atoms with E-state index in [2.05, 4.69) is 10.6 Å². The van der Waals surface area contributed by atoms with Crippen molar-refractivity contribution in [1.82, 2.24) is 15.7 Å². The van der Waals surface area contributed by atoms with Crippen molar-refractivity contribution in [3.63, 3.8) is 0 Å². The summed E-state index contributed by atoms with van der Waals surface area (Å²) in [7, 11) is 0. The van der Waals surface area contributed by atoms with Crippen LogP contribution in [0.1, 0.15) is 41.0 Å². The van der Waals surface area contributed by atoms with Crippen molar-refractivity contribution in [3.8, 4) is 0 Å². The Bertz CT molecular complexity index is 766. The highest BCUT2D eigenvalue weighted by Crippen LogP contribution is 2.25. The summed E-state index contributed by atoms with van der Waals surface area (Å²) in [4.78, 5) is 38.8. The number of hydrogen-bond donors (Lipinski definition) is 4. The van der Waals surface area contributed by atoms with Gasteiger partial charge in [0.05, 0.1) is 10.0 Å². The Morgan fingerprint density at radius 3 is 2.27 bits per heavy atom. The van der Waals surface area contributed by atoms with Gasteiger partial charge in [0.1, 0.15) is 12.6 Å². The maximum Gasteiger partial charge on any atom is 0.319 e. The van der Waals surface area contributed by atoms with Crippen molar-refractivity contribution in [1.29, 1.82) is 0 Å². The molecule has 0 aromatic heterocycles. The molecular weight excluding hydrogens is 431 g/mol. The van der Waals surface area contributed by atoms with Crippen LogP contribution in [0, 0.1) is 11.3 Å². The van der Waals surface area contributed by atoms with Gasteiger partial charge in [-0.05, 0) is 36.0 Å². The highest BCUT2D eigenvalue weighted by molar-refractivity contribution is 6.42. The van der Waals surface area contributed by atoms with Gasteiger partial charge < -0.3 is 15.5 Å². The zero-order valence-corrected chi connectivity index (χ0v) is 19.4. The first-order chi connectivity index (χ1) is 13.8. The SMILES string of the molecule is CC(C)CCN(CC(=O)NO)C(=O)[C@@H](NC(=O)Nc1ccc(Cl)c(Cl)c1)C(C)(C)C. The molecule has 4 N–H and O–H groups in total. The van der Waals surface area contributed by atoms with Crippen LogP contribution >= 0.6 is 23.2 Å². The summed E-state index contributed by atoms with van der Waals surface area (Å²) in [6.45, 7) is 9.42. The van der Waals surface area contributed by atoms with Gasteiger partial charge in [0, 0.05) is 12.2 Å². The molecule has 4 amide bonds. The average Bonchev–Trinajstić information content (AvgIpc) is 2.64. The van der Waals surface area contributed by atoms with Crippen LogP contribution in [0.4, 0.5) is 10.5 Å². The smallest absolute Gasteiger partial charge is 0.319 e. The standard InChI is InChI=1S/C20H30Cl2N4O4/c1-12(2)8-9-26(11-16(27)25-30)18(28)17(20(3,4)5)24-19(29)23-13-6-7-14(21)15(22)10-13/h6-7,10,12,17,30H,8-9,11H2,1-5H3,(H,25,27)(H2,23,24,29)/t17-/m1/s1. The van der Waals surface area contributed by atoms with Crippen molar-refractivity contribution in [3.05, 3.63) is 28.2 Å². The van der Waals surface area contributed by atoms with E-state index in [4.69, 9.17) is 28.4 Å². The van der Waals surface area contributed by atoms with Crippen LogP contribution in [-0.2, 0) is 9.59 Å². The molecule has 8 nitrogen and oxygen atoms in total. The summed E-state index contributed by atoms with van der Waals surface area (Å²) < 4.78 is 0. The summed E-state index contributed by atoms with van der Waals surface area (Å²) in [6.07, 6.45) is 0.663. The Balaban J connectivity index is 3.00. The second-order valence-corrected chi connectivity index (χ2v) is 9.32. The number of benzene rings is 1. The Morgan fingerprint density at radius 2 is 1.77 bits per heavy atom. The fraction of sp³-hybridized carbons (Fsp3) is 0.550. The number of rotatable bonds is 8. The number of carbonyl (C=O) groups is 3. The van der Waals surface area contributed by atoms with Crippen LogP contribution in [0.5, 0.6) is 0 Å². The average molecular weight is 461 g/mol. The molecule has 1 atom stereocenters. The summed E-state index contributed by atoms with van der Waals surface area (Å²) in [6, 6.07) is 3.11. The van der Waals surface area contributed by atoms with Gasteiger partial charge in [0.2, 0.25) is 5.91 Å². The summed E-state index contributed by atoms with van der Waals surface area (Å²) >= 11 is 11.8. The van der Waals surface area contributed by atoms with Gasteiger partial charge in [-0.15, -0.1) is 0 Å². The minimum Gasteiger partial charge on any atom is -0.331 e. The summed E-state index contributed by atoms with van der Waals surface area (Å²) in [5.74, 6) is -0.826. The van der Waals surface area contributed by atoms with Gasteiger partial charge in [-0.3, -0.25) is 14.8 Å². The lowest BCUT2D eigenvalue weighted by Crippen LogP contribution is -2.57. The molecule has 0 saturated carbocycles. The van der Waals surface area contributed by atoms with Crippen LogP contribution in [0.15, 0.2) is 18.2 Å². The number of amides is 4. The number of hydrogen-bond acceptors (Lipinski definition) is 4. The molecule has 0 bridgehead atoms. The molecule has 0 spiro atoms. The third-order valence-electron chi connectivity index (χ3n) is 4.31. The second kappa shape index (κ2) is 11.4. The molecule has 0 fully saturated rings. The van der Waals surface area contributed by atoms with Gasteiger partial charge >= 0.3 is 6.03 Å². The van der Waals surface area contributed by atoms with Crippen LogP contribution < -0.4 is 16.1 Å². The zero-order chi connectivity index (χ0) is 23.1. The third-order valence-corrected chi connectivity index (χ3v) is 5.05. The largest absolute Gasteiger partial charge is 0.331 e. The van der Waals surface area contributed by atoms with Crippen molar-refractivity contribution >= 4 is 46.7 Å². The minimum atomic E-state index is -0.918. The first kappa shape index (κ1) is 26.0. The summed E-state index contributed by atoms with van der Waals surface area (Å²) in [5.41, 5.74) is 1.32. The molecule has 10 heteroatoms. The van der Waals surface area contributed by atoms with Crippen LogP contribution in [0.25, 0.3) is 0 Å². The molecule has 0 saturated heterocycles. The number of carbonyl (C=O) groups excluding carboxylic acids is 3. The predicted molar refractivity (Wildman–Crippen MR) is 118 cm³/mol. The van der Waals surface area contributed by atoms with E-state index in [-0.39, 0.29) is 11.6 Å². The number of anilines is 1. The number of nitrogens with one attached hydrogen (secondary N) is 3. The molecule has 0 aliphatic rings. The van der Waals surface area contributed by atoms with Crippen LogP contribution in [0.2, 0.25) is 10.0 Å². The van der Waals surface area contributed by atoms with Gasteiger partial charge in [-0.1, -0.05) is 57.8 Å². The van der Waals surface area contributed by atoms with Crippen molar-refractivity contribution in [2.24, 2.45) is 11.3 Å². The second-order valence-electron chi connectivity index (χ2n) is 8.50. The van der Waals surface area contributed by atoms with Crippen molar-refractivity contribution < 1.29 is 19.6 Å². The lowest BCUT2D eigenvalue weighted by molar-refractivity contribution is -0.142. The van der Waals surface area contributed by atoms with Gasteiger partial charge in [0.15, 0.2) is 0 Å². The molecule has 0 heterocycles. The Hall–Kier alpha value is -2.03. The molecule has 0 radical (unpaired) electrons. The molecule has 0 unspecified atom stereocenters. The van der Waals surface area contributed by atoms with Gasteiger partial charge in [-0.25, -0.2) is 10.3 Å². The topological polar surface area (TPSA) is 111 Å². The lowest BCUT2D eigenvalue weighted by atomic mass is 9.85. The number of nitrogens with zero attached hydrogens (tertiary/aromatic N) is 1. The molecule has 0 aliphatic carbocycles. The molecule has 1 rings (SSSR count). The Labute approximate surface area is 187 Å². The molecular formula is C20H30Cl2N4O4. The van der Waals surface area contributed by atoms with Crippen LogP contribution in [0.3, 0.4) is 0 Å². The summed E-state index contributed by atoms with van der Waals surface area (Å²) in [5, 5.41) is 14.8. The molecule has 1 aromatic rings. The Kier molecular flexibility index (Phi) is 9.87. The van der Waals surface area contributed by atoms with E-state index < -0.39 is 29.3 Å². The molecule has 1 aromatic carbocycles. The van der Waals surface area contributed by atoms with Gasteiger partial charge in [-0.2, -0.15) is 0 Å². The molecule has 168 valence electrons. The van der Waals surface area contributed by atoms with E-state index in [0.717, 1.165) is 0 Å². The van der Waals surface area contributed by atoms with Gasteiger partial charge in [0.25, 0.3) is 5.91 Å². The molecule has 30 heavy (non-hydrogen) atoms. The van der Waals surface area contributed by atoms with Crippen molar-refractivity contribution in [2.75, 3.05) is 18.4 Å². The monoisotopic (exact) mass is 460 g/mol. The minimum absolute atomic E-state index is 0.285. The first-order valence-electron chi connectivity index (χ1n) is 9.59. The number of hydroxylamine groups is 1. The zero-order valence-electron chi connectivity index (χ0n) is 17.9. The maximum atomic E-state index is 13.2.